The van der Waals surface area contributed by atoms with Gasteiger partial charge in [-0.15, -0.1) is 0 Å². The lowest BCUT2D eigenvalue weighted by atomic mass is 9.94. The molecule has 0 aliphatic heterocycles. The number of para-hydroxylation sites is 1. The number of fused-ring (bicyclic) bond motifs is 1. The predicted octanol–water partition coefficient (Wildman–Crippen LogP) is 3.04. The summed E-state index contributed by atoms with van der Waals surface area (Å²) in [5.41, 5.74) is 2.92. The Hall–Kier alpha value is -2.20. The summed E-state index contributed by atoms with van der Waals surface area (Å²) >= 11 is 0. The van der Waals surface area contributed by atoms with Crippen LogP contribution in [0.15, 0.2) is 48.5 Å². The number of rotatable bonds is 3. The normalized spacial score (nSPS) is 20.6. The van der Waals surface area contributed by atoms with Crippen molar-refractivity contribution in [3.63, 3.8) is 0 Å². The van der Waals surface area contributed by atoms with Crippen molar-refractivity contribution in [1.29, 1.82) is 0 Å². The van der Waals surface area contributed by atoms with E-state index in [0.29, 0.717) is 12.0 Å². The Morgan fingerprint density at radius 2 is 1.85 bits per heavy atom. The molecule has 0 amide bonds. The molecule has 20 heavy (non-hydrogen) atoms. The minimum Gasteiger partial charge on any atom is -0.388 e. The monoisotopic (exact) mass is 269 g/mol. The molecule has 2 aromatic carbocycles. The molecule has 3 rings (SSSR count). The molecule has 0 aromatic heterocycles. The maximum absolute atomic E-state index is 11.0. The topological polar surface area (TPSA) is 63.4 Å². The van der Waals surface area contributed by atoms with Gasteiger partial charge in [0.25, 0.3) is 5.69 Å². The van der Waals surface area contributed by atoms with Gasteiger partial charge in [0.2, 0.25) is 0 Å². The van der Waals surface area contributed by atoms with Gasteiger partial charge in [-0.05, 0) is 29.9 Å². The maximum Gasteiger partial charge on any atom is 0.272 e. The largest absolute Gasteiger partial charge is 0.388 e. The van der Waals surface area contributed by atoms with Crippen molar-refractivity contribution in [3.8, 4) is 0 Å². The number of aliphatic hydroxyl groups excluding tert-OH is 1. The van der Waals surface area contributed by atoms with Crippen LogP contribution >= 0.6 is 0 Å². The second-order valence-electron chi connectivity index (χ2n) is 5.20. The van der Waals surface area contributed by atoms with Crippen LogP contribution in [0.3, 0.4) is 0 Å². The van der Waals surface area contributed by atoms with Crippen LogP contribution in [0.4, 0.5) is 5.69 Å². The Balaban J connectivity index is 1.86. The van der Waals surface area contributed by atoms with Crippen molar-refractivity contribution in [2.24, 2.45) is 5.92 Å². The zero-order valence-corrected chi connectivity index (χ0v) is 10.9. The van der Waals surface area contributed by atoms with Crippen LogP contribution in [0.1, 0.15) is 22.8 Å². The molecule has 1 aliphatic rings. The van der Waals surface area contributed by atoms with Crippen LogP contribution in [0.25, 0.3) is 0 Å². The summed E-state index contributed by atoms with van der Waals surface area (Å²) in [6.07, 6.45) is 0.752. The summed E-state index contributed by atoms with van der Waals surface area (Å²) in [6.45, 7) is 0. The number of nitro groups is 1. The summed E-state index contributed by atoms with van der Waals surface area (Å²) < 4.78 is 0. The molecule has 1 aliphatic carbocycles. The van der Waals surface area contributed by atoms with Crippen molar-refractivity contribution in [1.82, 2.24) is 0 Å². The fourth-order valence-corrected chi connectivity index (χ4v) is 2.98. The molecule has 0 fully saturated rings. The number of benzene rings is 2. The molecule has 0 radical (unpaired) electrons. The smallest absolute Gasteiger partial charge is 0.272 e. The first-order chi connectivity index (χ1) is 9.66. The summed E-state index contributed by atoms with van der Waals surface area (Å²) in [4.78, 5) is 10.7. The molecule has 4 nitrogen and oxygen atoms in total. The molecule has 102 valence electrons. The summed E-state index contributed by atoms with van der Waals surface area (Å²) in [5, 5.41) is 21.4. The SMILES string of the molecule is O=[N+]([O-])c1ccccc1CC1Cc2ccccc2C1O. The maximum atomic E-state index is 11.0. The third-order valence-electron chi connectivity index (χ3n) is 3.97. The fourth-order valence-electron chi connectivity index (χ4n) is 2.98. The number of aliphatic hydroxyl groups is 1. The molecule has 2 unspecified atom stereocenters. The molecule has 0 bridgehead atoms. The number of nitro benzene ring substituents is 1. The molecule has 0 saturated heterocycles. The van der Waals surface area contributed by atoms with Crippen LogP contribution in [0, 0.1) is 16.0 Å². The average molecular weight is 269 g/mol. The standard InChI is InChI=1S/C16H15NO3/c18-16-13(9-11-5-1-3-7-14(11)16)10-12-6-2-4-8-15(12)17(19)20/h1-8,13,16,18H,9-10H2. The van der Waals surface area contributed by atoms with Crippen molar-refractivity contribution in [2.75, 3.05) is 0 Å². The quantitative estimate of drug-likeness (QED) is 0.688. The zero-order chi connectivity index (χ0) is 14.1. The van der Waals surface area contributed by atoms with Gasteiger partial charge in [-0.3, -0.25) is 10.1 Å². The van der Waals surface area contributed by atoms with Gasteiger partial charge in [-0.2, -0.15) is 0 Å². The van der Waals surface area contributed by atoms with Crippen LogP contribution in [0.2, 0.25) is 0 Å². The van der Waals surface area contributed by atoms with Crippen molar-refractivity contribution >= 4 is 5.69 Å². The van der Waals surface area contributed by atoms with Crippen molar-refractivity contribution in [2.45, 2.75) is 18.9 Å². The molecule has 2 aromatic rings. The van der Waals surface area contributed by atoms with Crippen LogP contribution < -0.4 is 0 Å². The lowest BCUT2D eigenvalue weighted by Crippen LogP contribution is -2.11. The van der Waals surface area contributed by atoms with E-state index in [2.05, 4.69) is 0 Å². The van der Waals surface area contributed by atoms with Gasteiger partial charge in [-0.1, -0.05) is 42.5 Å². The highest BCUT2D eigenvalue weighted by molar-refractivity contribution is 5.42. The number of hydrogen-bond acceptors (Lipinski definition) is 3. The Kier molecular flexibility index (Phi) is 3.24. The van der Waals surface area contributed by atoms with E-state index in [9.17, 15) is 15.2 Å². The van der Waals surface area contributed by atoms with E-state index in [1.165, 1.54) is 6.07 Å². The van der Waals surface area contributed by atoms with Crippen LogP contribution in [-0.2, 0) is 12.8 Å². The Morgan fingerprint density at radius 1 is 1.15 bits per heavy atom. The lowest BCUT2D eigenvalue weighted by molar-refractivity contribution is -0.385. The molecule has 2 atom stereocenters. The molecule has 4 heteroatoms. The van der Waals surface area contributed by atoms with Crippen LogP contribution in [-0.4, -0.2) is 10.0 Å². The summed E-state index contributed by atoms with van der Waals surface area (Å²) in [5.74, 6) is 0.00787. The minimum absolute atomic E-state index is 0.00787. The fraction of sp³-hybridized carbons (Fsp3) is 0.250. The zero-order valence-electron chi connectivity index (χ0n) is 10.9. The van der Waals surface area contributed by atoms with Gasteiger partial charge >= 0.3 is 0 Å². The summed E-state index contributed by atoms with van der Waals surface area (Å²) in [7, 11) is 0. The molecule has 0 heterocycles. The van der Waals surface area contributed by atoms with Crippen molar-refractivity contribution in [3.05, 3.63) is 75.3 Å². The van der Waals surface area contributed by atoms with E-state index < -0.39 is 6.10 Å². The molecular formula is C16H15NO3. The average Bonchev–Trinajstić information content (AvgIpc) is 2.76. The van der Waals surface area contributed by atoms with Gasteiger partial charge < -0.3 is 5.11 Å². The number of nitrogens with zero attached hydrogens (tertiary/aromatic N) is 1. The first-order valence-electron chi connectivity index (χ1n) is 6.65. The van der Waals surface area contributed by atoms with Gasteiger partial charge in [-0.25, -0.2) is 0 Å². The van der Waals surface area contributed by atoms with E-state index in [-0.39, 0.29) is 16.5 Å². The molecule has 0 spiro atoms. The minimum atomic E-state index is -0.536. The van der Waals surface area contributed by atoms with Gasteiger partial charge in [0.1, 0.15) is 0 Å². The highest BCUT2D eigenvalue weighted by Crippen LogP contribution is 2.38. The van der Waals surface area contributed by atoms with E-state index in [0.717, 1.165) is 17.5 Å². The Bertz CT molecular complexity index is 654. The second-order valence-corrected chi connectivity index (χ2v) is 5.20. The van der Waals surface area contributed by atoms with E-state index >= 15 is 0 Å². The third-order valence-corrected chi connectivity index (χ3v) is 3.97. The van der Waals surface area contributed by atoms with Gasteiger partial charge in [0.05, 0.1) is 11.0 Å². The predicted molar refractivity (Wildman–Crippen MR) is 75.4 cm³/mol. The summed E-state index contributed by atoms with van der Waals surface area (Å²) in [6, 6.07) is 14.6. The first kappa shape index (κ1) is 12.8. The Morgan fingerprint density at radius 3 is 2.60 bits per heavy atom. The lowest BCUT2D eigenvalue weighted by Gasteiger charge is -2.15. The number of hydrogen-bond donors (Lipinski definition) is 1. The second kappa shape index (κ2) is 5.06. The molecular weight excluding hydrogens is 254 g/mol. The molecule has 0 saturated carbocycles. The highest BCUT2D eigenvalue weighted by Gasteiger charge is 2.31. The van der Waals surface area contributed by atoms with Crippen molar-refractivity contribution < 1.29 is 10.0 Å². The third kappa shape index (κ3) is 2.18. The molecule has 1 N–H and O–H groups in total. The first-order valence-corrected chi connectivity index (χ1v) is 6.65. The van der Waals surface area contributed by atoms with E-state index in [1.54, 1.807) is 18.2 Å². The highest BCUT2D eigenvalue weighted by atomic mass is 16.6. The van der Waals surface area contributed by atoms with Crippen LogP contribution in [0.5, 0.6) is 0 Å². The van der Waals surface area contributed by atoms with E-state index in [1.807, 2.05) is 24.3 Å². The van der Waals surface area contributed by atoms with Gasteiger partial charge in [0, 0.05) is 11.6 Å². The van der Waals surface area contributed by atoms with Gasteiger partial charge in [0.15, 0.2) is 0 Å². The Labute approximate surface area is 116 Å². The van der Waals surface area contributed by atoms with E-state index in [4.69, 9.17) is 0 Å².